The summed E-state index contributed by atoms with van der Waals surface area (Å²) in [6.07, 6.45) is 7.34. The number of hydrogen-bond donors (Lipinski definition) is 0. The highest BCUT2D eigenvalue weighted by Gasteiger charge is 2.73. The minimum absolute atomic E-state index is 0.0304. The number of alkyl halides is 1. The Bertz CT molecular complexity index is 1110. The smallest absolute Gasteiger partial charge is 0.233 e. The maximum atomic E-state index is 14.3. The first-order chi connectivity index (χ1) is 16.0. The van der Waals surface area contributed by atoms with E-state index in [0.29, 0.717) is 31.7 Å². The van der Waals surface area contributed by atoms with Gasteiger partial charge in [-0.05, 0) is 81.4 Å². The van der Waals surface area contributed by atoms with Crippen LogP contribution in [0.25, 0.3) is 0 Å². The van der Waals surface area contributed by atoms with Crippen LogP contribution >= 0.6 is 15.9 Å². The Morgan fingerprint density at radius 2 is 1.74 bits per heavy atom. The molecule has 1 aromatic heterocycles. The summed E-state index contributed by atoms with van der Waals surface area (Å²) in [5.74, 6) is 1.62. The molecule has 6 saturated carbocycles. The number of hydrogen-bond acceptors (Lipinski definition) is 4. The number of halogens is 2. The summed E-state index contributed by atoms with van der Waals surface area (Å²) in [5.41, 5.74) is -0.739. The van der Waals surface area contributed by atoms with Gasteiger partial charge in [-0.15, -0.1) is 10.2 Å². The fourth-order valence-electron chi connectivity index (χ4n) is 7.00. The lowest BCUT2D eigenvalue weighted by atomic mass is 9.41. The van der Waals surface area contributed by atoms with Crippen molar-refractivity contribution >= 4 is 27.5 Å². The van der Waals surface area contributed by atoms with Gasteiger partial charge in [-0.25, -0.2) is 4.39 Å². The molecule has 0 N–H and O–H groups in total. The summed E-state index contributed by atoms with van der Waals surface area (Å²) in [4.78, 5) is 15.8. The number of carbonyl (C=O) groups is 1. The number of amides is 1. The molecule has 0 spiro atoms. The summed E-state index contributed by atoms with van der Waals surface area (Å²) in [7, 11) is 0. The Morgan fingerprint density at radius 3 is 2.26 bits per heavy atom. The van der Waals surface area contributed by atoms with Crippen molar-refractivity contribution in [2.24, 2.45) is 10.8 Å². The molecule has 6 aliphatic rings. The molecule has 1 amide bonds. The topological polar surface area (TPSA) is 59.2 Å². The van der Waals surface area contributed by atoms with Crippen molar-refractivity contribution in [3.05, 3.63) is 40.5 Å². The van der Waals surface area contributed by atoms with Gasteiger partial charge < -0.3 is 9.32 Å². The summed E-state index contributed by atoms with van der Waals surface area (Å²) in [6, 6.07) is 7.99. The third-order valence-corrected chi connectivity index (χ3v) is 9.69. The highest BCUT2D eigenvalue weighted by molar-refractivity contribution is 9.10. The molecule has 7 heteroatoms. The second kappa shape index (κ2) is 7.14. The van der Waals surface area contributed by atoms with Gasteiger partial charge in [0.05, 0.1) is 5.41 Å². The highest BCUT2D eigenvalue weighted by atomic mass is 79.9. The van der Waals surface area contributed by atoms with Crippen molar-refractivity contribution in [3.63, 3.8) is 0 Å². The van der Waals surface area contributed by atoms with Crippen LogP contribution in [0.3, 0.4) is 0 Å². The predicted molar refractivity (Wildman–Crippen MR) is 131 cm³/mol. The van der Waals surface area contributed by atoms with E-state index in [2.05, 4.69) is 46.9 Å². The first-order valence-electron chi connectivity index (χ1n) is 12.6. The van der Waals surface area contributed by atoms with Crippen molar-refractivity contribution < 1.29 is 13.6 Å². The van der Waals surface area contributed by atoms with E-state index in [1.165, 1.54) is 0 Å². The lowest BCUT2D eigenvalue weighted by Crippen LogP contribution is -2.71. The highest BCUT2D eigenvalue weighted by Crippen LogP contribution is 2.70. The van der Waals surface area contributed by atoms with E-state index in [0.717, 1.165) is 54.6 Å². The summed E-state index contributed by atoms with van der Waals surface area (Å²) in [6.45, 7) is 6.99. The van der Waals surface area contributed by atoms with Crippen molar-refractivity contribution in [3.8, 4) is 0 Å². The van der Waals surface area contributed by atoms with Gasteiger partial charge in [0.25, 0.3) is 0 Å². The van der Waals surface area contributed by atoms with Gasteiger partial charge in [0.2, 0.25) is 17.7 Å². The normalized spacial score (nSPS) is 36.0. The standard InChI is InChI=1S/C27H33BrFN3O2/c1-23(2,3)20-30-31-21(34-20)25-10-7-24(8-11-25,9-12-25)17-32(19-6-4-5-18(28)13-19)22(33)26-14-27(29,15-26)16-26/h4-6,13H,7-12,14-17H2,1-3H3. The van der Waals surface area contributed by atoms with Crippen LogP contribution in [0.2, 0.25) is 0 Å². The molecule has 0 atom stereocenters. The first-order valence-corrected chi connectivity index (χ1v) is 13.4. The first kappa shape index (κ1) is 22.7. The van der Waals surface area contributed by atoms with Crippen LogP contribution in [-0.2, 0) is 15.6 Å². The quantitative estimate of drug-likeness (QED) is 0.435. The Morgan fingerprint density at radius 1 is 1.09 bits per heavy atom. The Hall–Kier alpha value is -1.76. The summed E-state index contributed by atoms with van der Waals surface area (Å²) < 4.78 is 21.4. The van der Waals surface area contributed by atoms with E-state index in [1.54, 1.807) is 0 Å². The van der Waals surface area contributed by atoms with E-state index < -0.39 is 11.1 Å². The minimum atomic E-state index is -1.08. The van der Waals surface area contributed by atoms with Crippen LogP contribution in [0.4, 0.5) is 10.1 Å². The van der Waals surface area contributed by atoms with E-state index in [4.69, 9.17) is 4.42 Å². The molecular formula is C27H33BrFN3O2. The van der Waals surface area contributed by atoms with E-state index >= 15 is 0 Å². The lowest BCUT2D eigenvalue weighted by Gasteiger charge is -2.65. The largest absolute Gasteiger partial charge is 0.424 e. The van der Waals surface area contributed by atoms with Gasteiger partial charge in [0.1, 0.15) is 5.67 Å². The molecule has 0 radical (unpaired) electrons. The van der Waals surface area contributed by atoms with E-state index in [9.17, 15) is 9.18 Å². The number of nitrogens with zero attached hydrogens (tertiary/aromatic N) is 3. The molecule has 2 aromatic rings. The maximum absolute atomic E-state index is 14.3. The summed E-state index contributed by atoms with van der Waals surface area (Å²) >= 11 is 3.57. The Kier molecular flexibility index (Phi) is 4.77. The predicted octanol–water partition coefficient (Wildman–Crippen LogP) is 6.65. The van der Waals surface area contributed by atoms with Crippen molar-refractivity contribution in [1.29, 1.82) is 0 Å². The second-order valence-electron chi connectivity index (χ2n) is 12.8. The van der Waals surface area contributed by atoms with Crippen LogP contribution < -0.4 is 4.90 Å². The zero-order valence-corrected chi connectivity index (χ0v) is 21.9. The Labute approximate surface area is 209 Å². The van der Waals surface area contributed by atoms with Gasteiger partial charge in [-0.2, -0.15) is 0 Å². The van der Waals surface area contributed by atoms with Crippen molar-refractivity contribution in [2.75, 3.05) is 11.4 Å². The fraction of sp³-hybridized carbons (Fsp3) is 0.667. The van der Waals surface area contributed by atoms with Gasteiger partial charge in [-0.3, -0.25) is 4.79 Å². The van der Waals surface area contributed by atoms with Crippen LogP contribution in [0.5, 0.6) is 0 Å². The molecule has 5 nitrogen and oxygen atoms in total. The molecule has 0 saturated heterocycles. The molecule has 1 heterocycles. The molecule has 4 bridgehead atoms. The second-order valence-corrected chi connectivity index (χ2v) is 13.7. The molecule has 8 rings (SSSR count). The molecule has 182 valence electrons. The van der Waals surface area contributed by atoms with Gasteiger partial charge in [0.15, 0.2) is 0 Å². The van der Waals surface area contributed by atoms with Gasteiger partial charge in [-0.1, -0.05) is 42.8 Å². The maximum Gasteiger partial charge on any atom is 0.233 e. The van der Waals surface area contributed by atoms with Crippen LogP contribution in [0.15, 0.2) is 33.2 Å². The SMILES string of the molecule is CC(C)(C)c1nnc(C23CCC(CN(C(=O)C45CC(F)(C4)C5)c4cccc(Br)c4)(CC2)CC3)o1. The third-order valence-electron chi connectivity index (χ3n) is 9.20. The lowest BCUT2D eigenvalue weighted by molar-refractivity contribution is -0.211. The average Bonchev–Trinajstić information content (AvgIpc) is 3.27. The van der Waals surface area contributed by atoms with Gasteiger partial charge in [0, 0.05) is 27.5 Å². The Balaban J connectivity index is 1.23. The average molecular weight is 530 g/mol. The fourth-order valence-corrected chi connectivity index (χ4v) is 7.39. The number of carbonyl (C=O) groups excluding carboxylic acids is 1. The van der Waals surface area contributed by atoms with Crippen molar-refractivity contribution in [2.45, 2.75) is 95.1 Å². The number of aromatic nitrogens is 2. The van der Waals surface area contributed by atoms with Crippen LogP contribution in [-0.4, -0.2) is 28.3 Å². The minimum Gasteiger partial charge on any atom is -0.424 e. The molecule has 6 aliphatic carbocycles. The number of rotatable bonds is 5. The van der Waals surface area contributed by atoms with Crippen molar-refractivity contribution in [1.82, 2.24) is 10.2 Å². The molecule has 6 fully saturated rings. The molecule has 34 heavy (non-hydrogen) atoms. The monoisotopic (exact) mass is 529 g/mol. The third kappa shape index (κ3) is 3.40. The number of fused-ring (bicyclic) bond motifs is 3. The molecule has 1 aromatic carbocycles. The van der Waals surface area contributed by atoms with Gasteiger partial charge >= 0.3 is 0 Å². The van der Waals surface area contributed by atoms with Crippen LogP contribution in [0.1, 0.15) is 90.3 Å². The molecule has 0 unspecified atom stereocenters. The number of anilines is 1. The van der Waals surface area contributed by atoms with E-state index in [-0.39, 0.29) is 22.2 Å². The van der Waals surface area contributed by atoms with Crippen LogP contribution in [0, 0.1) is 10.8 Å². The zero-order chi connectivity index (χ0) is 24.0. The van der Waals surface area contributed by atoms with E-state index in [1.807, 2.05) is 29.2 Å². The molecular weight excluding hydrogens is 497 g/mol. The number of benzene rings is 1. The summed E-state index contributed by atoms with van der Waals surface area (Å²) in [5, 5.41) is 8.84. The zero-order valence-electron chi connectivity index (χ0n) is 20.3. The molecule has 0 aliphatic heterocycles.